The number of rotatable bonds is 7. The molecule has 9 heteroatoms. The van der Waals surface area contributed by atoms with E-state index in [-0.39, 0.29) is 11.9 Å². The molecule has 34 heavy (non-hydrogen) atoms. The molecule has 3 aromatic rings. The number of fused-ring (bicyclic) bond motifs is 1. The van der Waals surface area contributed by atoms with Gasteiger partial charge in [-0.3, -0.25) is 4.79 Å². The molecule has 1 aliphatic heterocycles. The number of anilines is 1. The zero-order valence-electron chi connectivity index (χ0n) is 20.2. The quantitative estimate of drug-likeness (QED) is 0.537. The summed E-state index contributed by atoms with van der Waals surface area (Å²) in [7, 11) is 7.22. The second kappa shape index (κ2) is 10.1. The molecule has 3 heterocycles. The number of methoxy groups -OCH3 is 2. The monoisotopic (exact) mass is 464 g/mol. The van der Waals surface area contributed by atoms with Crippen molar-refractivity contribution in [1.29, 1.82) is 0 Å². The third-order valence-corrected chi connectivity index (χ3v) is 6.20. The number of ether oxygens (including phenoxy) is 2. The number of piperidine rings is 1. The summed E-state index contributed by atoms with van der Waals surface area (Å²) in [4.78, 5) is 25.3. The lowest BCUT2D eigenvalue weighted by atomic mass is 10.0. The average molecular weight is 465 g/mol. The SMILES string of the molecule is COc1cc(OC)cc(-c2cn(C3CCN(C(=O)/C=C/CN(C)C)CC3)c3ncnc(N)c23)c1. The summed E-state index contributed by atoms with van der Waals surface area (Å²) in [6, 6.07) is 5.94. The molecule has 180 valence electrons. The van der Waals surface area contributed by atoms with Crippen LogP contribution >= 0.6 is 0 Å². The Labute approximate surface area is 199 Å². The van der Waals surface area contributed by atoms with E-state index in [2.05, 4.69) is 20.7 Å². The van der Waals surface area contributed by atoms with Crippen LogP contribution in [-0.4, -0.2) is 78.2 Å². The fourth-order valence-corrected chi connectivity index (χ4v) is 4.40. The van der Waals surface area contributed by atoms with Crippen molar-refractivity contribution in [2.24, 2.45) is 0 Å². The lowest BCUT2D eigenvalue weighted by Crippen LogP contribution is -2.38. The van der Waals surface area contributed by atoms with Crippen LogP contribution in [0.1, 0.15) is 18.9 Å². The second-order valence-corrected chi connectivity index (χ2v) is 8.73. The van der Waals surface area contributed by atoms with Crippen LogP contribution in [0.3, 0.4) is 0 Å². The maximum Gasteiger partial charge on any atom is 0.246 e. The molecule has 1 saturated heterocycles. The molecule has 0 saturated carbocycles. The Morgan fingerprint density at radius 1 is 1.15 bits per heavy atom. The first-order valence-electron chi connectivity index (χ1n) is 11.4. The molecule has 1 aliphatic rings. The number of nitrogens with zero attached hydrogens (tertiary/aromatic N) is 5. The normalized spacial score (nSPS) is 14.9. The summed E-state index contributed by atoms with van der Waals surface area (Å²) in [6.45, 7) is 2.13. The topological polar surface area (TPSA) is 98.7 Å². The first-order chi connectivity index (χ1) is 16.4. The van der Waals surface area contributed by atoms with Crippen LogP contribution < -0.4 is 15.2 Å². The molecule has 2 N–H and O–H groups in total. The highest BCUT2D eigenvalue weighted by Crippen LogP contribution is 2.39. The lowest BCUT2D eigenvalue weighted by Gasteiger charge is -2.32. The minimum Gasteiger partial charge on any atom is -0.497 e. The van der Waals surface area contributed by atoms with Gasteiger partial charge in [-0.05, 0) is 44.6 Å². The minimum atomic E-state index is 0.0633. The average Bonchev–Trinajstić information content (AvgIpc) is 3.24. The Bertz CT molecular complexity index is 1170. The van der Waals surface area contributed by atoms with E-state index in [4.69, 9.17) is 15.2 Å². The Balaban J connectivity index is 1.63. The predicted octanol–water partition coefficient (Wildman–Crippen LogP) is 2.98. The van der Waals surface area contributed by atoms with Gasteiger partial charge in [0.25, 0.3) is 0 Å². The van der Waals surface area contributed by atoms with Crippen LogP contribution in [-0.2, 0) is 4.79 Å². The van der Waals surface area contributed by atoms with Gasteiger partial charge in [-0.1, -0.05) is 6.08 Å². The summed E-state index contributed by atoms with van der Waals surface area (Å²) in [5.74, 6) is 1.88. The van der Waals surface area contributed by atoms with Crippen molar-refractivity contribution in [3.63, 3.8) is 0 Å². The van der Waals surface area contributed by atoms with E-state index in [0.29, 0.717) is 30.4 Å². The van der Waals surface area contributed by atoms with Crippen molar-refractivity contribution in [3.8, 4) is 22.6 Å². The summed E-state index contributed by atoms with van der Waals surface area (Å²) < 4.78 is 13.1. The largest absolute Gasteiger partial charge is 0.497 e. The Morgan fingerprint density at radius 3 is 2.44 bits per heavy atom. The van der Waals surface area contributed by atoms with Crippen LogP contribution in [0.2, 0.25) is 0 Å². The van der Waals surface area contributed by atoms with Gasteiger partial charge in [0.15, 0.2) is 0 Å². The Kier molecular flexibility index (Phi) is 7.02. The van der Waals surface area contributed by atoms with Gasteiger partial charge in [-0.25, -0.2) is 9.97 Å². The third-order valence-electron chi connectivity index (χ3n) is 6.20. The number of carbonyl (C=O) groups excluding carboxylic acids is 1. The van der Waals surface area contributed by atoms with Crippen molar-refractivity contribution in [3.05, 3.63) is 42.9 Å². The van der Waals surface area contributed by atoms with Crippen LogP contribution in [0, 0.1) is 0 Å². The molecule has 0 unspecified atom stereocenters. The van der Waals surface area contributed by atoms with E-state index in [1.807, 2.05) is 48.2 Å². The van der Waals surface area contributed by atoms with E-state index in [0.717, 1.165) is 41.5 Å². The fraction of sp³-hybridized carbons (Fsp3) is 0.400. The number of nitrogen functional groups attached to an aromatic ring is 1. The molecule has 1 fully saturated rings. The molecule has 0 atom stereocenters. The van der Waals surface area contributed by atoms with Crippen LogP contribution in [0.4, 0.5) is 5.82 Å². The summed E-state index contributed by atoms with van der Waals surface area (Å²) in [5.41, 5.74) is 8.95. The summed E-state index contributed by atoms with van der Waals surface area (Å²) in [5, 5.41) is 0.808. The molecule has 0 radical (unpaired) electrons. The van der Waals surface area contributed by atoms with Crippen LogP contribution in [0.25, 0.3) is 22.2 Å². The van der Waals surface area contributed by atoms with Crippen molar-refractivity contribution in [2.75, 3.05) is 53.7 Å². The maximum atomic E-state index is 12.5. The Hall–Kier alpha value is -3.59. The lowest BCUT2D eigenvalue weighted by molar-refractivity contribution is -0.127. The molecule has 0 bridgehead atoms. The van der Waals surface area contributed by atoms with Gasteiger partial charge >= 0.3 is 0 Å². The van der Waals surface area contributed by atoms with Crippen LogP contribution in [0.15, 0.2) is 42.9 Å². The minimum absolute atomic E-state index is 0.0633. The molecular formula is C25H32N6O3. The predicted molar refractivity (Wildman–Crippen MR) is 133 cm³/mol. The van der Waals surface area contributed by atoms with E-state index in [9.17, 15) is 4.79 Å². The smallest absolute Gasteiger partial charge is 0.246 e. The van der Waals surface area contributed by atoms with Crippen molar-refractivity contribution in [2.45, 2.75) is 18.9 Å². The maximum absolute atomic E-state index is 12.5. The number of amides is 1. The molecule has 4 rings (SSSR count). The van der Waals surface area contributed by atoms with Gasteiger partial charge in [0.1, 0.15) is 29.3 Å². The summed E-state index contributed by atoms with van der Waals surface area (Å²) in [6.07, 6.45) is 8.83. The van der Waals surface area contributed by atoms with Gasteiger partial charge in [-0.15, -0.1) is 0 Å². The third kappa shape index (κ3) is 4.84. The molecule has 0 spiro atoms. The number of nitrogens with two attached hydrogens (primary N) is 1. The highest BCUT2D eigenvalue weighted by molar-refractivity contribution is 6.01. The number of hydrogen-bond acceptors (Lipinski definition) is 7. The van der Waals surface area contributed by atoms with Crippen molar-refractivity contribution in [1.82, 2.24) is 24.3 Å². The van der Waals surface area contributed by atoms with E-state index in [1.165, 1.54) is 6.33 Å². The van der Waals surface area contributed by atoms with Gasteiger partial charge in [-0.2, -0.15) is 0 Å². The van der Waals surface area contributed by atoms with Gasteiger partial charge in [0.2, 0.25) is 5.91 Å². The zero-order chi connectivity index (χ0) is 24.2. The zero-order valence-corrected chi connectivity index (χ0v) is 20.2. The first-order valence-corrected chi connectivity index (χ1v) is 11.4. The van der Waals surface area contributed by atoms with E-state index < -0.39 is 0 Å². The molecule has 2 aromatic heterocycles. The Morgan fingerprint density at radius 2 is 1.82 bits per heavy atom. The molecule has 1 amide bonds. The van der Waals surface area contributed by atoms with Crippen LogP contribution in [0.5, 0.6) is 11.5 Å². The molecule has 9 nitrogen and oxygen atoms in total. The number of hydrogen-bond donors (Lipinski definition) is 1. The second-order valence-electron chi connectivity index (χ2n) is 8.73. The van der Waals surface area contributed by atoms with Gasteiger partial charge in [0, 0.05) is 49.6 Å². The van der Waals surface area contributed by atoms with E-state index in [1.54, 1.807) is 20.3 Å². The molecule has 0 aliphatic carbocycles. The highest BCUT2D eigenvalue weighted by atomic mass is 16.5. The van der Waals surface area contributed by atoms with Gasteiger partial charge < -0.3 is 29.6 Å². The fourth-order valence-electron chi connectivity index (χ4n) is 4.40. The molecule has 1 aromatic carbocycles. The molecular weight excluding hydrogens is 432 g/mol. The number of likely N-dealkylation sites (N-methyl/N-ethyl adjacent to an activating group) is 1. The van der Waals surface area contributed by atoms with Crippen molar-refractivity contribution < 1.29 is 14.3 Å². The van der Waals surface area contributed by atoms with Crippen molar-refractivity contribution >= 4 is 22.8 Å². The number of carbonyl (C=O) groups is 1. The van der Waals surface area contributed by atoms with Gasteiger partial charge in [0.05, 0.1) is 19.6 Å². The highest BCUT2D eigenvalue weighted by Gasteiger charge is 2.26. The first kappa shape index (κ1) is 23.6. The number of likely N-dealkylation sites (tertiary alicyclic amines) is 1. The summed E-state index contributed by atoms with van der Waals surface area (Å²) >= 11 is 0. The van der Waals surface area contributed by atoms with E-state index >= 15 is 0 Å². The number of benzene rings is 1. The number of aromatic nitrogens is 3. The standard InChI is InChI=1S/C25H32N6O3/c1-29(2)9-5-6-22(32)30-10-7-18(8-11-30)31-15-21(23-24(26)27-16-28-25(23)31)17-12-19(33-3)14-20(13-17)34-4/h5-6,12-16,18H,7-11H2,1-4H3,(H2,26,27,28)/b6-5+.